The summed E-state index contributed by atoms with van der Waals surface area (Å²) in [6, 6.07) is 23.9. The molecule has 0 unspecified atom stereocenters. The van der Waals surface area contributed by atoms with Crippen molar-refractivity contribution < 1.29 is 9.18 Å². The zero-order valence-electron chi connectivity index (χ0n) is 16.9. The molecule has 0 aliphatic rings. The number of benzene rings is 3. The van der Waals surface area contributed by atoms with Crippen LogP contribution in [0, 0.1) is 5.82 Å². The molecule has 0 fully saturated rings. The van der Waals surface area contributed by atoms with Crippen LogP contribution in [0.3, 0.4) is 0 Å². The van der Waals surface area contributed by atoms with Crippen molar-refractivity contribution in [1.82, 2.24) is 4.90 Å². The van der Waals surface area contributed by atoms with Crippen LogP contribution in [0.25, 0.3) is 0 Å². The summed E-state index contributed by atoms with van der Waals surface area (Å²) < 4.78 is 14.2. The molecule has 29 heavy (non-hydrogen) atoms. The lowest BCUT2D eigenvalue weighted by Gasteiger charge is -2.37. The van der Waals surface area contributed by atoms with Gasteiger partial charge in [-0.1, -0.05) is 72.3 Å². The highest BCUT2D eigenvalue weighted by atomic mass is 35.5. The summed E-state index contributed by atoms with van der Waals surface area (Å²) in [7, 11) is 4.00. The lowest BCUT2D eigenvalue weighted by molar-refractivity contribution is 0.0882. The molecule has 0 amide bonds. The van der Waals surface area contributed by atoms with E-state index in [-0.39, 0.29) is 16.8 Å². The molecule has 0 heterocycles. The lowest BCUT2D eigenvalue weighted by atomic mass is 9.66. The monoisotopic (exact) mass is 409 g/mol. The fraction of sp³-hybridized carbons (Fsp3) is 0.240. The summed E-state index contributed by atoms with van der Waals surface area (Å²) in [6.45, 7) is 2.09. The molecule has 3 rings (SSSR count). The van der Waals surface area contributed by atoms with Gasteiger partial charge in [-0.05, 0) is 56.8 Å². The topological polar surface area (TPSA) is 20.3 Å². The van der Waals surface area contributed by atoms with Gasteiger partial charge in [0, 0.05) is 11.6 Å². The minimum Gasteiger partial charge on any atom is -0.307 e. The number of Topliss-reactive ketones (excluding diaryl/α,β-unsaturated/α-hetero) is 1. The van der Waals surface area contributed by atoms with E-state index in [9.17, 15) is 9.18 Å². The summed E-state index contributed by atoms with van der Waals surface area (Å²) in [4.78, 5) is 16.2. The number of carbonyl (C=O) groups excluding carboxylic acids is 1. The summed E-state index contributed by atoms with van der Waals surface area (Å²) >= 11 is 5.87. The Kier molecular flexibility index (Phi) is 6.51. The van der Waals surface area contributed by atoms with Crippen LogP contribution in [-0.2, 0) is 5.41 Å². The Hall–Kier alpha value is -2.49. The standard InChI is InChI=1S/C25H25ClFNO/c1-18(28(2)3)17-25(20-10-6-4-7-11-20,21-12-8-5-9-13-21)24(29)19-14-15-22(26)23(27)16-19/h4-16,18H,17H2,1-3H3/t18-/m0/s1. The number of rotatable bonds is 7. The van der Waals surface area contributed by atoms with Gasteiger partial charge in [-0.25, -0.2) is 4.39 Å². The van der Waals surface area contributed by atoms with Crippen LogP contribution in [0.15, 0.2) is 78.9 Å². The van der Waals surface area contributed by atoms with Gasteiger partial charge in [-0.15, -0.1) is 0 Å². The van der Waals surface area contributed by atoms with Gasteiger partial charge in [0.15, 0.2) is 5.78 Å². The van der Waals surface area contributed by atoms with Crippen LogP contribution in [-0.4, -0.2) is 30.8 Å². The molecule has 0 aliphatic carbocycles. The fourth-order valence-electron chi connectivity index (χ4n) is 3.71. The molecule has 3 aromatic carbocycles. The zero-order valence-corrected chi connectivity index (χ0v) is 17.7. The van der Waals surface area contributed by atoms with Gasteiger partial charge in [0.05, 0.1) is 10.4 Å². The van der Waals surface area contributed by atoms with Gasteiger partial charge in [0.2, 0.25) is 0 Å². The van der Waals surface area contributed by atoms with Crippen molar-refractivity contribution in [3.63, 3.8) is 0 Å². The predicted octanol–water partition coefficient (Wildman–Crippen LogP) is 5.99. The molecule has 2 nitrogen and oxygen atoms in total. The van der Waals surface area contributed by atoms with Crippen molar-refractivity contribution in [2.24, 2.45) is 0 Å². The molecule has 4 heteroatoms. The first-order valence-electron chi connectivity index (χ1n) is 9.63. The number of halogens is 2. The SMILES string of the molecule is C[C@@H](CC(C(=O)c1ccc(Cl)c(F)c1)(c1ccccc1)c1ccccc1)N(C)C. The third-order valence-corrected chi connectivity index (χ3v) is 5.89. The molecule has 1 atom stereocenters. The van der Waals surface area contributed by atoms with Crippen LogP contribution in [0.4, 0.5) is 4.39 Å². The molecular formula is C25H25ClFNO. The molecule has 0 N–H and O–H groups in total. The van der Waals surface area contributed by atoms with E-state index in [4.69, 9.17) is 11.6 Å². The van der Waals surface area contributed by atoms with Crippen molar-refractivity contribution in [2.45, 2.75) is 24.8 Å². The Bertz CT molecular complexity index is 933. The molecule has 0 bridgehead atoms. The summed E-state index contributed by atoms with van der Waals surface area (Å²) in [5.74, 6) is -0.729. The zero-order chi connectivity index (χ0) is 21.0. The van der Waals surface area contributed by atoms with E-state index < -0.39 is 11.2 Å². The molecule has 0 radical (unpaired) electrons. The largest absolute Gasteiger partial charge is 0.307 e. The average Bonchev–Trinajstić information content (AvgIpc) is 2.74. The highest BCUT2D eigenvalue weighted by Crippen LogP contribution is 2.41. The highest BCUT2D eigenvalue weighted by molar-refractivity contribution is 6.30. The van der Waals surface area contributed by atoms with Crippen molar-refractivity contribution in [1.29, 1.82) is 0 Å². The van der Waals surface area contributed by atoms with Gasteiger partial charge < -0.3 is 4.90 Å². The van der Waals surface area contributed by atoms with Gasteiger partial charge in [0.1, 0.15) is 5.82 Å². The fourth-order valence-corrected chi connectivity index (χ4v) is 3.83. The van der Waals surface area contributed by atoms with Crippen molar-refractivity contribution in [3.05, 3.63) is 106 Å². The Morgan fingerprint density at radius 1 is 0.966 bits per heavy atom. The molecule has 150 valence electrons. The number of hydrogen-bond acceptors (Lipinski definition) is 2. The van der Waals surface area contributed by atoms with E-state index >= 15 is 0 Å². The van der Waals surface area contributed by atoms with E-state index in [1.54, 1.807) is 6.07 Å². The molecule has 0 spiro atoms. The molecule has 0 aromatic heterocycles. The van der Waals surface area contributed by atoms with Crippen molar-refractivity contribution in [3.8, 4) is 0 Å². The van der Waals surface area contributed by atoms with Crippen LogP contribution in [0.2, 0.25) is 5.02 Å². The average molecular weight is 410 g/mol. The second-order valence-electron chi connectivity index (χ2n) is 7.61. The maximum absolute atomic E-state index is 14.2. The van der Waals surface area contributed by atoms with Crippen LogP contribution >= 0.6 is 11.6 Å². The third kappa shape index (κ3) is 4.26. The number of ketones is 1. The third-order valence-electron chi connectivity index (χ3n) is 5.59. The van der Waals surface area contributed by atoms with Crippen molar-refractivity contribution >= 4 is 17.4 Å². The Balaban J connectivity index is 2.28. The van der Waals surface area contributed by atoms with Gasteiger partial charge in [-0.3, -0.25) is 4.79 Å². The second-order valence-corrected chi connectivity index (χ2v) is 8.02. The van der Waals surface area contributed by atoms with Gasteiger partial charge in [-0.2, -0.15) is 0 Å². The first kappa shape index (κ1) is 21.2. The Morgan fingerprint density at radius 3 is 1.93 bits per heavy atom. The van der Waals surface area contributed by atoms with Crippen LogP contribution in [0.5, 0.6) is 0 Å². The normalized spacial score (nSPS) is 12.8. The molecule has 0 saturated heterocycles. The smallest absolute Gasteiger partial charge is 0.177 e. The summed E-state index contributed by atoms with van der Waals surface area (Å²) in [5.41, 5.74) is 1.14. The van der Waals surface area contributed by atoms with E-state index in [1.165, 1.54) is 12.1 Å². The highest BCUT2D eigenvalue weighted by Gasteiger charge is 2.43. The maximum Gasteiger partial charge on any atom is 0.177 e. The number of carbonyl (C=O) groups is 1. The first-order chi connectivity index (χ1) is 13.9. The lowest BCUT2D eigenvalue weighted by Crippen LogP contribution is -2.43. The van der Waals surface area contributed by atoms with Gasteiger partial charge in [0.25, 0.3) is 0 Å². The maximum atomic E-state index is 14.2. The Labute approximate surface area is 176 Å². The van der Waals surface area contributed by atoms with Crippen LogP contribution in [0.1, 0.15) is 34.8 Å². The molecular weight excluding hydrogens is 385 g/mol. The minimum atomic E-state index is -0.952. The van der Waals surface area contributed by atoms with Crippen molar-refractivity contribution in [2.75, 3.05) is 14.1 Å². The molecule has 0 aliphatic heterocycles. The van der Waals surface area contributed by atoms with E-state index in [1.807, 2.05) is 74.8 Å². The predicted molar refractivity (Wildman–Crippen MR) is 117 cm³/mol. The first-order valence-corrected chi connectivity index (χ1v) is 10.0. The quantitative estimate of drug-likeness (QED) is 0.447. The number of nitrogens with zero attached hydrogens (tertiary/aromatic N) is 1. The minimum absolute atomic E-state index is 0.00762. The molecule has 0 saturated carbocycles. The Morgan fingerprint density at radius 2 is 1.48 bits per heavy atom. The van der Waals surface area contributed by atoms with E-state index in [2.05, 4.69) is 11.8 Å². The van der Waals surface area contributed by atoms with E-state index in [0.717, 1.165) is 11.1 Å². The summed E-state index contributed by atoms with van der Waals surface area (Å²) in [5, 5.41) is 0.00762. The van der Waals surface area contributed by atoms with Gasteiger partial charge >= 0.3 is 0 Å². The summed E-state index contributed by atoms with van der Waals surface area (Å²) in [6.07, 6.45) is 0.553. The van der Waals surface area contributed by atoms with E-state index in [0.29, 0.717) is 12.0 Å². The molecule has 3 aromatic rings. The van der Waals surface area contributed by atoms with Crippen LogP contribution < -0.4 is 0 Å². The second kappa shape index (κ2) is 8.89. The number of hydrogen-bond donors (Lipinski definition) is 0.